The van der Waals surface area contributed by atoms with Crippen LogP contribution in [0.25, 0.3) is 0 Å². The van der Waals surface area contributed by atoms with Crippen LogP contribution in [-0.2, 0) is 0 Å². The number of halogens is 3. The van der Waals surface area contributed by atoms with Crippen LogP contribution in [0.5, 0.6) is 0 Å². The second kappa shape index (κ2) is 12.9. The molecule has 0 saturated carbocycles. The van der Waals surface area contributed by atoms with E-state index >= 15 is 0 Å². The first-order valence-corrected chi connectivity index (χ1v) is 6.22. The fraction of sp³-hybridized carbons (Fsp3) is 1.00. The second-order valence-electron chi connectivity index (χ2n) is 1.68. The minimum Gasteiger partial charge on any atom is -0.304 e. The average molecular weight is 298 g/mol. The van der Waals surface area contributed by atoms with Crippen molar-refractivity contribution in [2.24, 2.45) is 0 Å². The molecule has 0 unspecified atom stereocenters. The zero-order chi connectivity index (χ0) is 8.41. The van der Waals surface area contributed by atoms with Crippen molar-refractivity contribution in [3.63, 3.8) is 0 Å². The molecule has 1 nitrogen and oxygen atoms in total. The van der Waals surface area contributed by atoms with Gasteiger partial charge in [0.1, 0.15) is 0 Å². The summed E-state index contributed by atoms with van der Waals surface area (Å²) in [7, 11) is 2.00. The first-order valence-electron chi connectivity index (χ1n) is 2.99. The quantitative estimate of drug-likeness (QED) is 0.569. The summed E-state index contributed by atoms with van der Waals surface area (Å²) >= 11 is 13.0. The number of nitrogens with zero attached hydrogens (tertiary/aromatic N) is 1. The highest BCUT2D eigenvalue weighted by molar-refractivity contribution is 14.1. The Balaban J connectivity index is 0. The summed E-state index contributed by atoms with van der Waals surface area (Å²) in [5.74, 6) is 1.38. The van der Waals surface area contributed by atoms with Gasteiger partial charge >= 0.3 is 0 Å². The molecule has 0 rings (SSSR count). The van der Waals surface area contributed by atoms with Gasteiger partial charge in [0.05, 0.1) is 0 Å². The Kier molecular flexibility index (Phi) is 17.8. The van der Waals surface area contributed by atoms with Crippen LogP contribution in [0, 0.1) is 0 Å². The lowest BCUT2D eigenvalue weighted by Crippen LogP contribution is -2.22. The molecule has 0 aliphatic heterocycles. The molecule has 0 N–H and O–H groups in total. The largest absolute Gasteiger partial charge is 0.304 e. The Morgan fingerprint density at radius 1 is 1.10 bits per heavy atom. The van der Waals surface area contributed by atoms with Gasteiger partial charge < -0.3 is 4.90 Å². The van der Waals surface area contributed by atoms with Crippen molar-refractivity contribution in [3.8, 4) is 0 Å². The van der Waals surface area contributed by atoms with Gasteiger partial charge in [0.2, 0.25) is 0 Å². The standard InChI is InChI=1S/C5H11Cl2N.CH3I/c1-8(4-2-6)5-3-7;1-2/h2-5H2,1H3;1H3. The van der Waals surface area contributed by atoms with E-state index < -0.39 is 0 Å². The van der Waals surface area contributed by atoms with E-state index in [9.17, 15) is 0 Å². The molecule has 0 amide bonds. The van der Waals surface area contributed by atoms with Crippen LogP contribution in [0.3, 0.4) is 0 Å². The van der Waals surface area contributed by atoms with Gasteiger partial charge in [0.15, 0.2) is 0 Å². The minimum absolute atomic E-state index is 0.688. The lowest BCUT2D eigenvalue weighted by molar-refractivity contribution is 0.378. The Hall–Kier alpha value is 1.27. The molecule has 0 aliphatic carbocycles. The topological polar surface area (TPSA) is 3.24 Å². The maximum atomic E-state index is 5.45. The molecule has 0 radical (unpaired) electrons. The van der Waals surface area contributed by atoms with Crippen LogP contribution in [0.2, 0.25) is 0 Å². The zero-order valence-electron chi connectivity index (χ0n) is 6.41. The third kappa shape index (κ3) is 12.0. The van der Waals surface area contributed by atoms with Crippen molar-refractivity contribution in [2.45, 2.75) is 0 Å². The zero-order valence-corrected chi connectivity index (χ0v) is 10.1. The van der Waals surface area contributed by atoms with Crippen molar-refractivity contribution in [1.29, 1.82) is 0 Å². The van der Waals surface area contributed by atoms with Crippen molar-refractivity contribution in [1.82, 2.24) is 4.90 Å². The van der Waals surface area contributed by atoms with Gasteiger partial charge in [-0.25, -0.2) is 0 Å². The summed E-state index contributed by atoms with van der Waals surface area (Å²) in [4.78, 5) is 4.07. The average Bonchev–Trinajstić information content (AvgIpc) is 1.93. The Bertz CT molecular complexity index is 49.0. The van der Waals surface area contributed by atoms with Gasteiger partial charge in [-0.3, -0.25) is 0 Å². The van der Waals surface area contributed by atoms with E-state index in [1.165, 1.54) is 0 Å². The van der Waals surface area contributed by atoms with Crippen molar-refractivity contribution >= 4 is 45.8 Å². The lowest BCUT2D eigenvalue weighted by Gasteiger charge is -2.11. The van der Waals surface area contributed by atoms with Crippen LogP contribution in [0.1, 0.15) is 0 Å². The predicted octanol–water partition coefficient (Wildman–Crippen LogP) is 2.45. The third-order valence-corrected chi connectivity index (χ3v) is 1.27. The molecule has 0 saturated heterocycles. The number of hydrogen-bond donors (Lipinski definition) is 0. The molecule has 4 heteroatoms. The summed E-state index contributed by atoms with van der Waals surface area (Å²) in [6, 6.07) is 0. The Morgan fingerprint density at radius 3 is 1.60 bits per heavy atom. The Labute approximate surface area is 87.2 Å². The molecular formula is C6H14Cl2IN. The fourth-order valence-corrected chi connectivity index (χ4v) is 0.977. The van der Waals surface area contributed by atoms with Crippen LogP contribution in [-0.4, -0.2) is 41.7 Å². The molecule has 0 bridgehead atoms. The summed E-state index contributed by atoms with van der Waals surface area (Å²) in [6.45, 7) is 1.85. The van der Waals surface area contributed by atoms with E-state index in [0.29, 0.717) is 11.8 Å². The molecule has 0 aliphatic rings. The molecule has 0 atom stereocenters. The summed E-state index contributed by atoms with van der Waals surface area (Å²) in [5, 5.41) is 0. The number of rotatable bonds is 4. The molecule has 10 heavy (non-hydrogen) atoms. The van der Waals surface area contributed by atoms with Crippen molar-refractivity contribution in [2.75, 3.05) is 36.8 Å². The van der Waals surface area contributed by atoms with E-state index in [0.717, 1.165) is 13.1 Å². The van der Waals surface area contributed by atoms with Gasteiger partial charge in [-0.1, -0.05) is 22.6 Å². The molecular weight excluding hydrogens is 284 g/mol. The SMILES string of the molecule is CI.CN(CCCl)CCCl. The second-order valence-corrected chi connectivity index (χ2v) is 2.44. The number of hydrogen-bond acceptors (Lipinski definition) is 1. The monoisotopic (exact) mass is 297 g/mol. The fourth-order valence-electron chi connectivity index (χ4n) is 0.400. The van der Waals surface area contributed by atoms with Gasteiger partial charge in [-0.15, -0.1) is 23.2 Å². The van der Waals surface area contributed by atoms with Crippen LogP contribution >= 0.6 is 45.8 Å². The van der Waals surface area contributed by atoms with Crippen molar-refractivity contribution in [3.05, 3.63) is 0 Å². The highest BCUT2D eigenvalue weighted by Gasteiger charge is 1.92. The molecule has 0 aromatic carbocycles. The summed E-state index contributed by atoms with van der Waals surface area (Å²) < 4.78 is 0. The lowest BCUT2D eigenvalue weighted by atomic mass is 10.6. The first kappa shape index (κ1) is 13.8. The summed E-state index contributed by atoms with van der Waals surface area (Å²) in [6.07, 6.45) is 0. The van der Waals surface area contributed by atoms with E-state index in [1.807, 2.05) is 12.0 Å². The maximum Gasteiger partial charge on any atom is 0.0351 e. The van der Waals surface area contributed by atoms with E-state index in [2.05, 4.69) is 27.5 Å². The van der Waals surface area contributed by atoms with Crippen LogP contribution < -0.4 is 0 Å². The van der Waals surface area contributed by atoms with Gasteiger partial charge in [-0.2, -0.15) is 0 Å². The van der Waals surface area contributed by atoms with Gasteiger partial charge in [0.25, 0.3) is 0 Å². The molecule has 0 aromatic heterocycles. The number of alkyl halides is 3. The molecule has 64 valence electrons. The van der Waals surface area contributed by atoms with E-state index in [-0.39, 0.29) is 0 Å². The van der Waals surface area contributed by atoms with Gasteiger partial charge in [-0.05, 0) is 12.0 Å². The van der Waals surface area contributed by atoms with E-state index in [1.54, 1.807) is 0 Å². The molecule has 0 spiro atoms. The van der Waals surface area contributed by atoms with Crippen LogP contribution in [0.15, 0.2) is 0 Å². The molecule has 0 heterocycles. The minimum atomic E-state index is 0.688. The molecule has 0 fully saturated rings. The van der Waals surface area contributed by atoms with Gasteiger partial charge in [0, 0.05) is 24.8 Å². The first-order chi connectivity index (χ1) is 4.81. The highest BCUT2D eigenvalue weighted by atomic mass is 127. The third-order valence-electron chi connectivity index (χ3n) is 0.932. The Morgan fingerprint density at radius 2 is 1.40 bits per heavy atom. The van der Waals surface area contributed by atoms with Crippen molar-refractivity contribution < 1.29 is 0 Å². The normalized spacial score (nSPS) is 9.00. The summed E-state index contributed by atoms with van der Waals surface area (Å²) in [5.41, 5.74) is 0. The maximum absolute atomic E-state index is 5.45. The highest BCUT2D eigenvalue weighted by Crippen LogP contribution is 1.85. The van der Waals surface area contributed by atoms with Crippen LogP contribution in [0.4, 0.5) is 0 Å². The van der Waals surface area contributed by atoms with E-state index in [4.69, 9.17) is 23.2 Å². The predicted molar refractivity (Wildman–Crippen MR) is 58.9 cm³/mol. The molecule has 0 aromatic rings. The smallest absolute Gasteiger partial charge is 0.0351 e.